The Hall–Kier alpha value is -0.290. The molecule has 0 heterocycles. The molecule has 0 radical (unpaired) electrons. The molecule has 0 rings (SSSR count). The third-order valence-corrected chi connectivity index (χ3v) is 8.44. The first-order chi connectivity index (χ1) is 13.3. The van der Waals surface area contributed by atoms with Gasteiger partial charge in [-0.05, 0) is 18.9 Å². The van der Waals surface area contributed by atoms with Gasteiger partial charge in [-0.3, -0.25) is 4.79 Å². The Morgan fingerprint density at radius 1 is 0.857 bits per heavy atom. The summed E-state index contributed by atoms with van der Waals surface area (Å²) in [6.45, 7) is 2.24. The maximum atomic E-state index is 11.7. The maximum absolute atomic E-state index is 11.7. The van der Waals surface area contributed by atoms with Crippen LogP contribution in [0.3, 0.4) is 0 Å². The van der Waals surface area contributed by atoms with Gasteiger partial charge in [-0.15, -0.1) is 0 Å². The van der Waals surface area contributed by atoms with Gasteiger partial charge in [0.1, 0.15) is 0 Å². The van der Waals surface area contributed by atoms with Gasteiger partial charge in [0.15, 0.2) is 6.29 Å². The van der Waals surface area contributed by atoms with Crippen LogP contribution in [0.5, 0.6) is 0 Å². The summed E-state index contributed by atoms with van der Waals surface area (Å²) in [5, 5.41) is -2.24. The van der Waals surface area contributed by atoms with E-state index in [0.29, 0.717) is 6.42 Å². The second-order valence-corrected chi connectivity index (χ2v) is 11.3. The number of allylic oxidation sites excluding steroid dienone is 1. The topological polar surface area (TPSA) is 124 Å². The average Bonchev–Trinajstić information content (AvgIpc) is 2.60. The van der Waals surface area contributed by atoms with E-state index in [2.05, 4.69) is 11.4 Å². The zero-order chi connectivity index (χ0) is 21.3. The Kier molecular flexibility index (Phi) is 16.3. The molecular formula is C19H39O7P2+. The first-order valence-electron chi connectivity index (χ1n) is 10.4. The predicted molar refractivity (Wildman–Crippen MR) is 114 cm³/mol. The molecule has 2 unspecified atom stereocenters. The first-order valence-corrected chi connectivity index (χ1v) is 13.8. The van der Waals surface area contributed by atoms with E-state index in [-0.39, 0.29) is 6.29 Å². The van der Waals surface area contributed by atoms with Crippen LogP contribution in [0.4, 0.5) is 0 Å². The Morgan fingerprint density at radius 2 is 1.29 bits per heavy atom. The van der Waals surface area contributed by atoms with Crippen LogP contribution >= 0.6 is 15.5 Å². The quantitative estimate of drug-likeness (QED) is 0.0909. The summed E-state index contributed by atoms with van der Waals surface area (Å²) in [5.41, 5.74) is 0. The Morgan fingerprint density at radius 3 is 1.68 bits per heavy atom. The van der Waals surface area contributed by atoms with Gasteiger partial charge in [-0.1, -0.05) is 84.0 Å². The summed E-state index contributed by atoms with van der Waals surface area (Å²) in [5.74, 6) is 0. The molecule has 0 saturated carbocycles. The van der Waals surface area contributed by atoms with Gasteiger partial charge < -0.3 is 9.42 Å². The molecule has 0 aromatic heterocycles. The highest BCUT2D eigenvalue weighted by Gasteiger charge is 2.56. The molecule has 166 valence electrons. The lowest BCUT2D eigenvalue weighted by Crippen LogP contribution is -2.15. The number of carbonyl (C=O) groups is 1. The molecule has 0 fully saturated rings. The number of carbonyl (C=O) groups excluding carboxylic acids is 1. The van der Waals surface area contributed by atoms with Crippen molar-refractivity contribution in [1.29, 1.82) is 0 Å². The average molecular weight is 441 g/mol. The molecule has 0 aromatic carbocycles. The molecule has 0 bridgehead atoms. The van der Waals surface area contributed by atoms with Crippen LogP contribution in [-0.4, -0.2) is 31.3 Å². The Bertz CT molecular complexity index is 464. The van der Waals surface area contributed by atoms with Crippen molar-refractivity contribution in [3.8, 4) is 0 Å². The number of hydrogen-bond donors (Lipinski definition) is 4. The first kappa shape index (κ1) is 27.7. The Labute approximate surface area is 170 Å². The zero-order valence-corrected chi connectivity index (χ0v) is 18.9. The van der Waals surface area contributed by atoms with Gasteiger partial charge in [0.2, 0.25) is 0 Å². The molecule has 28 heavy (non-hydrogen) atoms. The number of aldehydes is 1. The molecule has 0 amide bonds. The minimum absolute atomic E-state index is 0.172. The summed E-state index contributed by atoms with van der Waals surface area (Å²) in [4.78, 5) is 47.2. The standard InChI is InChI=1S/C19H38O7P2/c1-2-3-4-5-6-7-8-9-10-11-12-13-14-15-16-17-26-28(24,25)19(18-20)27(21,22)23/h16-19,21-23H,2-15H2,1H3/p+1. The smallest absolute Gasteiger partial charge is 0.430 e. The van der Waals surface area contributed by atoms with Crippen molar-refractivity contribution in [2.75, 3.05) is 0 Å². The van der Waals surface area contributed by atoms with E-state index >= 15 is 0 Å². The van der Waals surface area contributed by atoms with Gasteiger partial charge in [0, 0.05) is 0 Å². The molecule has 4 N–H and O–H groups in total. The fourth-order valence-electron chi connectivity index (χ4n) is 2.89. The van der Waals surface area contributed by atoms with E-state index in [9.17, 15) is 14.3 Å². The molecule has 9 heteroatoms. The van der Waals surface area contributed by atoms with Crippen molar-refractivity contribution < 1.29 is 33.5 Å². The van der Waals surface area contributed by atoms with E-state index in [1.807, 2.05) is 0 Å². The third kappa shape index (κ3) is 14.7. The van der Waals surface area contributed by atoms with Crippen molar-refractivity contribution in [2.45, 2.75) is 102 Å². The van der Waals surface area contributed by atoms with Crippen molar-refractivity contribution >= 4 is 21.8 Å². The van der Waals surface area contributed by atoms with Crippen molar-refractivity contribution in [3.63, 3.8) is 0 Å². The summed E-state index contributed by atoms with van der Waals surface area (Å²) < 4.78 is 16.3. The van der Waals surface area contributed by atoms with E-state index < -0.39 is 20.9 Å². The van der Waals surface area contributed by atoms with Gasteiger partial charge in [-0.25, -0.2) is 4.57 Å². The van der Waals surface area contributed by atoms with E-state index in [0.717, 1.165) is 25.5 Å². The highest BCUT2D eigenvalue weighted by atomic mass is 31.3. The van der Waals surface area contributed by atoms with Gasteiger partial charge >= 0.3 is 20.9 Å². The monoisotopic (exact) mass is 441 g/mol. The van der Waals surface area contributed by atoms with Gasteiger partial charge in [0.25, 0.3) is 0 Å². The van der Waals surface area contributed by atoms with Crippen molar-refractivity contribution in [1.82, 2.24) is 0 Å². The lowest BCUT2D eigenvalue weighted by molar-refractivity contribution is -0.106. The summed E-state index contributed by atoms with van der Waals surface area (Å²) in [6, 6.07) is 0. The molecule has 0 spiro atoms. The number of hydrogen-bond acceptors (Lipinski definition) is 6. The van der Waals surface area contributed by atoms with E-state index in [1.54, 1.807) is 6.08 Å². The molecule has 0 aromatic rings. The van der Waals surface area contributed by atoms with Gasteiger partial charge in [-0.2, -0.15) is 14.7 Å². The van der Waals surface area contributed by atoms with Crippen LogP contribution in [-0.2, 0) is 13.9 Å². The largest absolute Gasteiger partial charge is 0.431 e. The maximum Gasteiger partial charge on any atom is 0.431 e. The molecule has 7 nitrogen and oxygen atoms in total. The lowest BCUT2D eigenvalue weighted by atomic mass is 10.0. The molecule has 2 atom stereocenters. The minimum Gasteiger partial charge on any atom is -0.430 e. The van der Waals surface area contributed by atoms with Crippen LogP contribution in [0.25, 0.3) is 0 Å². The highest BCUT2D eigenvalue weighted by molar-refractivity contribution is 7.76. The van der Waals surface area contributed by atoms with E-state index in [4.69, 9.17) is 14.7 Å². The normalized spacial score (nSPS) is 15.5. The van der Waals surface area contributed by atoms with Crippen molar-refractivity contribution in [2.24, 2.45) is 0 Å². The molecule has 0 aliphatic carbocycles. The SMILES string of the molecule is CCCCCCCCCCCCCCCC=COP(=O)(O)C(C=O)[P+](O)(O)O. The zero-order valence-electron chi connectivity index (χ0n) is 17.1. The minimum atomic E-state index is -4.78. The summed E-state index contributed by atoms with van der Waals surface area (Å²) >= 11 is 0. The highest BCUT2D eigenvalue weighted by Crippen LogP contribution is 2.66. The second-order valence-electron chi connectivity index (χ2n) is 7.24. The van der Waals surface area contributed by atoms with Crippen LogP contribution in [0.1, 0.15) is 96.8 Å². The number of rotatable bonds is 19. The molecule has 0 saturated heterocycles. The van der Waals surface area contributed by atoms with E-state index in [1.165, 1.54) is 64.2 Å². The van der Waals surface area contributed by atoms with Crippen LogP contribution in [0, 0.1) is 0 Å². The molecule has 0 aliphatic rings. The van der Waals surface area contributed by atoms with Gasteiger partial charge in [0.05, 0.1) is 6.26 Å². The predicted octanol–water partition coefficient (Wildman–Crippen LogP) is 5.45. The van der Waals surface area contributed by atoms with Crippen molar-refractivity contribution in [3.05, 3.63) is 12.3 Å². The summed E-state index contributed by atoms with van der Waals surface area (Å²) in [7, 11) is -9.45. The molecular weight excluding hydrogens is 402 g/mol. The van der Waals surface area contributed by atoms with Crippen LogP contribution < -0.4 is 0 Å². The number of unbranched alkanes of at least 4 members (excludes halogenated alkanes) is 13. The fourth-order valence-corrected chi connectivity index (χ4v) is 5.33. The second kappa shape index (κ2) is 16.5. The Balaban J connectivity index is 3.61. The van der Waals surface area contributed by atoms with Crippen LogP contribution in [0.2, 0.25) is 0 Å². The van der Waals surface area contributed by atoms with Crippen LogP contribution in [0.15, 0.2) is 12.3 Å². The summed E-state index contributed by atoms with van der Waals surface area (Å²) in [6.07, 6.45) is 19.4. The fraction of sp³-hybridized carbons (Fsp3) is 0.842. The molecule has 0 aliphatic heterocycles. The lowest BCUT2D eigenvalue weighted by Gasteiger charge is -2.16. The third-order valence-electron chi connectivity index (χ3n) is 4.59.